The van der Waals surface area contributed by atoms with E-state index in [1.54, 1.807) is 26.2 Å². The van der Waals surface area contributed by atoms with Gasteiger partial charge in [0, 0.05) is 23.9 Å². The summed E-state index contributed by atoms with van der Waals surface area (Å²) in [6.07, 6.45) is 4.23. The quantitative estimate of drug-likeness (QED) is 0.481. The second-order valence-electron chi connectivity index (χ2n) is 8.83. The molecular formula is C23H27ClFN5O3. The van der Waals surface area contributed by atoms with Crippen molar-refractivity contribution in [3.8, 4) is 5.75 Å². The number of aliphatic hydroxyl groups excluding tert-OH is 1. The number of rotatable bonds is 7. The highest BCUT2D eigenvalue weighted by Gasteiger charge is 2.44. The van der Waals surface area contributed by atoms with Gasteiger partial charge < -0.3 is 20.9 Å². The molecule has 1 aliphatic rings. The lowest BCUT2D eigenvalue weighted by Gasteiger charge is -2.23. The third-order valence-corrected chi connectivity index (χ3v) is 6.23. The highest BCUT2D eigenvalue weighted by Crippen LogP contribution is 2.41. The third-order valence-electron chi connectivity index (χ3n) is 5.95. The first kappa shape index (κ1) is 23.3. The molecule has 10 heteroatoms. The largest absolute Gasteiger partial charge is 0.490 e. The number of benzene rings is 1. The summed E-state index contributed by atoms with van der Waals surface area (Å²) in [5.74, 6) is -0.916. The van der Waals surface area contributed by atoms with Gasteiger partial charge in [-0.3, -0.25) is 9.20 Å². The Bertz CT molecular complexity index is 1240. The number of imidazole rings is 1. The molecule has 2 aromatic heterocycles. The number of nitrogens with two attached hydrogens (primary N) is 1. The second kappa shape index (κ2) is 8.46. The van der Waals surface area contributed by atoms with Gasteiger partial charge in [0.05, 0.1) is 29.0 Å². The average Bonchev–Trinajstić information content (AvgIpc) is 3.44. The molecule has 0 spiro atoms. The zero-order chi connectivity index (χ0) is 24.1. The van der Waals surface area contributed by atoms with Crippen LogP contribution in [0.25, 0.3) is 5.52 Å². The minimum absolute atomic E-state index is 0.0991. The van der Waals surface area contributed by atoms with Crippen LogP contribution >= 0.6 is 11.6 Å². The predicted molar refractivity (Wildman–Crippen MR) is 123 cm³/mol. The first-order chi connectivity index (χ1) is 15.6. The Morgan fingerprint density at radius 1 is 1.42 bits per heavy atom. The van der Waals surface area contributed by atoms with E-state index in [2.05, 4.69) is 15.3 Å². The molecule has 1 saturated carbocycles. The van der Waals surface area contributed by atoms with Gasteiger partial charge in [0.2, 0.25) is 0 Å². The Hall–Kier alpha value is -2.91. The van der Waals surface area contributed by atoms with Gasteiger partial charge in [-0.2, -0.15) is 0 Å². The molecule has 0 bridgehead atoms. The predicted octanol–water partition coefficient (Wildman–Crippen LogP) is 3.61. The molecule has 0 radical (unpaired) electrons. The van der Waals surface area contributed by atoms with Crippen molar-refractivity contribution in [3.63, 3.8) is 0 Å². The zero-order valence-electron chi connectivity index (χ0n) is 18.9. The van der Waals surface area contributed by atoms with Crippen LogP contribution in [0, 0.1) is 12.7 Å². The van der Waals surface area contributed by atoms with Gasteiger partial charge in [-0.25, -0.2) is 14.4 Å². The first-order valence-electron chi connectivity index (χ1n) is 10.8. The van der Waals surface area contributed by atoms with Crippen molar-refractivity contribution in [2.75, 3.05) is 12.3 Å². The fraction of sp³-hybridized carbons (Fsp3) is 0.435. The molecule has 33 heavy (non-hydrogen) atoms. The molecule has 1 unspecified atom stereocenters. The second-order valence-corrected chi connectivity index (χ2v) is 9.24. The van der Waals surface area contributed by atoms with Crippen molar-refractivity contribution in [1.82, 2.24) is 19.7 Å². The number of carbonyl (C=O) groups is 1. The number of hydrogen-bond donors (Lipinski definition) is 3. The van der Waals surface area contributed by atoms with Gasteiger partial charge in [-0.1, -0.05) is 18.5 Å². The smallest absolute Gasteiger partial charge is 0.258 e. The summed E-state index contributed by atoms with van der Waals surface area (Å²) in [5.41, 5.74) is 6.92. The maximum absolute atomic E-state index is 15.2. The number of ether oxygens (including phenoxy) is 1. The SMILES string of the molecule is Cc1nc(C(C)c2cc(Cl)c(F)c(C(=O)NC3(CO)CC3)c2OC(C)C)n2ccnc(N)c12. The molecule has 1 fully saturated rings. The minimum Gasteiger partial charge on any atom is -0.490 e. The van der Waals surface area contributed by atoms with Crippen LogP contribution < -0.4 is 15.8 Å². The molecule has 3 aromatic rings. The van der Waals surface area contributed by atoms with Crippen LogP contribution in [0.4, 0.5) is 10.2 Å². The Balaban J connectivity index is 1.89. The molecule has 4 N–H and O–H groups in total. The van der Waals surface area contributed by atoms with Gasteiger partial charge in [-0.05, 0) is 39.7 Å². The number of carbonyl (C=O) groups excluding carboxylic acids is 1. The molecule has 1 aliphatic carbocycles. The molecule has 1 aromatic carbocycles. The summed E-state index contributed by atoms with van der Waals surface area (Å²) in [6, 6.07) is 1.47. The number of halogens is 2. The summed E-state index contributed by atoms with van der Waals surface area (Å²) in [5, 5.41) is 12.2. The summed E-state index contributed by atoms with van der Waals surface area (Å²) in [4.78, 5) is 22.0. The van der Waals surface area contributed by atoms with E-state index in [-0.39, 0.29) is 29.0 Å². The molecule has 0 aliphatic heterocycles. The van der Waals surface area contributed by atoms with Gasteiger partial charge in [0.15, 0.2) is 5.82 Å². The minimum atomic E-state index is -0.868. The van der Waals surface area contributed by atoms with E-state index in [0.29, 0.717) is 41.3 Å². The van der Waals surface area contributed by atoms with Crippen molar-refractivity contribution in [2.45, 2.75) is 58.1 Å². The van der Waals surface area contributed by atoms with E-state index >= 15 is 4.39 Å². The normalized spacial score (nSPS) is 15.6. The fourth-order valence-electron chi connectivity index (χ4n) is 4.01. The van der Waals surface area contributed by atoms with Crippen LogP contribution in [0.3, 0.4) is 0 Å². The molecule has 2 heterocycles. The maximum atomic E-state index is 15.2. The summed E-state index contributed by atoms with van der Waals surface area (Å²) in [6.45, 7) is 7.06. The van der Waals surface area contributed by atoms with E-state index < -0.39 is 23.2 Å². The lowest BCUT2D eigenvalue weighted by atomic mass is 9.95. The van der Waals surface area contributed by atoms with Crippen LogP contribution in [-0.2, 0) is 0 Å². The van der Waals surface area contributed by atoms with E-state index in [1.165, 1.54) is 6.07 Å². The van der Waals surface area contributed by atoms with Crippen LogP contribution in [0.1, 0.15) is 67.0 Å². The summed E-state index contributed by atoms with van der Waals surface area (Å²) in [7, 11) is 0. The molecule has 1 amide bonds. The van der Waals surface area contributed by atoms with Crippen molar-refractivity contribution >= 4 is 28.8 Å². The fourth-order valence-corrected chi connectivity index (χ4v) is 4.22. The number of nitrogens with zero attached hydrogens (tertiary/aromatic N) is 3. The number of fused-ring (bicyclic) bond motifs is 1. The highest BCUT2D eigenvalue weighted by molar-refractivity contribution is 6.31. The van der Waals surface area contributed by atoms with Crippen molar-refractivity contribution in [2.24, 2.45) is 0 Å². The topological polar surface area (TPSA) is 115 Å². The molecular weight excluding hydrogens is 449 g/mol. The van der Waals surface area contributed by atoms with Gasteiger partial charge in [-0.15, -0.1) is 0 Å². The number of anilines is 1. The Morgan fingerprint density at radius 2 is 2.12 bits per heavy atom. The highest BCUT2D eigenvalue weighted by atomic mass is 35.5. The van der Waals surface area contributed by atoms with Crippen molar-refractivity contribution in [3.05, 3.63) is 51.9 Å². The van der Waals surface area contributed by atoms with E-state index in [9.17, 15) is 9.90 Å². The number of aryl methyl sites for hydroxylation is 1. The average molecular weight is 476 g/mol. The maximum Gasteiger partial charge on any atom is 0.258 e. The van der Waals surface area contributed by atoms with Crippen LogP contribution in [0.5, 0.6) is 5.75 Å². The number of aliphatic hydroxyl groups is 1. The van der Waals surface area contributed by atoms with E-state index in [4.69, 9.17) is 22.1 Å². The van der Waals surface area contributed by atoms with E-state index in [1.807, 2.05) is 18.2 Å². The lowest BCUT2D eigenvalue weighted by molar-refractivity contribution is 0.0896. The van der Waals surface area contributed by atoms with Crippen LogP contribution in [0.15, 0.2) is 18.5 Å². The van der Waals surface area contributed by atoms with Gasteiger partial charge >= 0.3 is 0 Å². The van der Waals surface area contributed by atoms with Crippen LogP contribution in [0.2, 0.25) is 5.02 Å². The van der Waals surface area contributed by atoms with Gasteiger partial charge in [0.25, 0.3) is 5.91 Å². The Labute approximate surface area is 195 Å². The van der Waals surface area contributed by atoms with Crippen molar-refractivity contribution in [1.29, 1.82) is 0 Å². The number of nitrogens with one attached hydrogen (secondary N) is 1. The summed E-state index contributed by atoms with van der Waals surface area (Å²) >= 11 is 6.26. The van der Waals surface area contributed by atoms with Crippen LogP contribution in [-0.4, -0.2) is 43.6 Å². The first-order valence-corrected chi connectivity index (χ1v) is 11.2. The standard InChI is InChI=1S/C23H27ClFN5O3/c1-11(2)33-19-14(12(3)21-28-13(4)18-20(26)27-7-8-30(18)21)9-15(24)17(25)16(19)22(32)29-23(10-31)5-6-23/h7-9,11-12,31H,5-6,10H2,1-4H3,(H2,26,27)(H,29,32). The number of hydrogen-bond acceptors (Lipinski definition) is 6. The molecule has 4 rings (SSSR count). The number of aromatic nitrogens is 3. The van der Waals surface area contributed by atoms with Gasteiger partial charge in [0.1, 0.15) is 28.5 Å². The van der Waals surface area contributed by atoms with Crippen molar-refractivity contribution < 1.29 is 19.0 Å². The third kappa shape index (κ3) is 4.11. The molecule has 176 valence electrons. The zero-order valence-corrected chi connectivity index (χ0v) is 19.7. The molecule has 8 nitrogen and oxygen atoms in total. The number of nitrogen functional groups attached to an aromatic ring is 1. The monoisotopic (exact) mass is 475 g/mol. The molecule has 0 saturated heterocycles. The lowest BCUT2D eigenvalue weighted by Crippen LogP contribution is -2.40. The number of amides is 1. The summed E-state index contributed by atoms with van der Waals surface area (Å²) < 4.78 is 23.1. The van der Waals surface area contributed by atoms with E-state index in [0.717, 1.165) is 0 Å². The molecule has 1 atom stereocenters. The Kier molecular flexibility index (Phi) is 5.96. The Morgan fingerprint density at radius 3 is 2.73 bits per heavy atom.